The van der Waals surface area contributed by atoms with E-state index in [-0.39, 0.29) is 18.9 Å². The molecule has 5 nitrogen and oxygen atoms in total. The van der Waals surface area contributed by atoms with E-state index in [1.807, 2.05) is 60.7 Å². The highest BCUT2D eigenvalue weighted by molar-refractivity contribution is 6.06. The van der Waals surface area contributed by atoms with Crippen molar-refractivity contribution < 1.29 is 14.7 Å². The minimum absolute atomic E-state index is 0.0727. The number of carboxylic acid groups (broad SMARTS) is 1. The number of rotatable bonds is 5. The number of carboxylic acids is 1. The van der Waals surface area contributed by atoms with Crippen molar-refractivity contribution in [3.8, 4) is 0 Å². The molecule has 5 heteroatoms. The number of hydrogen-bond donors (Lipinski definition) is 2. The van der Waals surface area contributed by atoms with Crippen LogP contribution in [0.15, 0.2) is 48.5 Å². The molecule has 2 N–H and O–H groups in total. The fourth-order valence-corrected chi connectivity index (χ4v) is 2.74. The lowest BCUT2D eigenvalue weighted by Crippen LogP contribution is -2.31. The van der Waals surface area contributed by atoms with E-state index in [9.17, 15) is 9.59 Å². The summed E-state index contributed by atoms with van der Waals surface area (Å²) in [6.07, 6.45) is 4.23. The third kappa shape index (κ3) is 3.36. The molecule has 0 bridgehead atoms. The second kappa shape index (κ2) is 7.10. The predicted molar refractivity (Wildman–Crippen MR) is 94.1 cm³/mol. The Morgan fingerprint density at radius 2 is 1.46 bits per heavy atom. The van der Waals surface area contributed by atoms with Gasteiger partial charge in [-0.3, -0.25) is 14.5 Å². The van der Waals surface area contributed by atoms with Gasteiger partial charge < -0.3 is 10.4 Å². The van der Waals surface area contributed by atoms with Gasteiger partial charge in [-0.05, 0) is 23.3 Å². The Morgan fingerprint density at radius 3 is 2.00 bits per heavy atom. The number of anilines is 2. The summed E-state index contributed by atoms with van der Waals surface area (Å²) < 4.78 is 0. The topological polar surface area (TPSA) is 69.6 Å². The first-order valence-corrected chi connectivity index (χ1v) is 7.78. The highest BCUT2D eigenvalue weighted by Gasteiger charge is 2.23. The molecule has 2 aromatic rings. The summed E-state index contributed by atoms with van der Waals surface area (Å²) in [5.41, 5.74) is 3.62. The Hall–Kier alpha value is -2.92. The quantitative estimate of drug-likeness (QED) is 0.831. The van der Waals surface area contributed by atoms with Crippen LogP contribution in [0.2, 0.25) is 0 Å². The molecule has 1 amide bonds. The number of para-hydroxylation sites is 2. The van der Waals surface area contributed by atoms with Crippen molar-refractivity contribution in [3.05, 3.63) is 59.7 Å². The van der Waals surface area contributed by atoms with Crippen molar-refractivity contribution in [3.63, 3.8) is 0 Å². The van der Waals surface area contributed by atoms with Gasteiger partial charge in [0.05, 0.1) is 17.9 Å². The maximum Gasteiger partial charge on any atom is 0.317 e. The van der Waals surface area contributed by atoms with Crippen LogP contribution in [0.4, 0.5) is 11.4 Å². The first-order chi connectivity index (χ1) is 11.7. The van der Waals surface area contributed by atoms with E-state index >= 15 is 0 Å². The molecule has 0 spiro atoms. The van der Waals surface area contributed by atoms with E-state index in [0.29, 0.717) is 6.54 Å². The van der Waals surface area contributed by atoms with Crippen LogP contribution in [0.25, 0.3) is 12.2 Å². The zero-order valence-corrected chi connectivity index (χ0v) is 13.1. The van der Waals surface area contributed by atoms with Gasteiger partial charge in [0.2, 0.25) is 5.91 Å². The zero-order chi connectivity index (χ0) is 16.9. The minimum Gasteiger partial charge on any atom is -0.480 e. The van der Waals surface area contributed by atoms with Crippen molar-refractivity contribution in [1.82, 2.24) is 5.32 Å². The van der Waals surface area contributed by atoms with E-state index in [0.717, 1.165) is 22.5 Å². The van der Waals surface area contributed by atoms with Gasteiger partial charge in [-0.1, -0.05) is 48.6 Å². The van der Waals surface area contributed by atoms with Crippen molar-refractivity contribution in [2.75, 3.05) is 18.0 Å². The molecule has 0 fully saturated rings. The first-order valence-electron chi connectivity index (χ1n) is 7.78. The molecule has 1 aliphatic heterocycles. The molecule has 1 aliphatic rings. The van der Waals surface area contributed by atoms with Gasteiger partial charge in [-0.2, -0.15) is 0 Å². The zero-order valence-electron chi connectivity index (χ0n) is 13.1. The molecule has 0 unspecified atom stereocenters. The molecule has 1 heterocycles. The molecule has 0 saturated carbocycles. The fraction of sp³-hybridized carbons (Fsp3) is 0.158. The summed E-state index contributed by atoms with van der Waals surface area (Å²) in [6.45, 7) is 0.168. The van der Waals surface area contributed by atoms with Gasteiger partial charge in [0.1, 0.15) is 0 Å². The van der Waals surface area contributed by atoms with Crippen LogP contribution < -0.4 is 10.2 Å². The molecule has 0 atom stereocenters. The third-order valence-electron chi connectivity index (χ3n) is 3.84. The second-order valence-electron chi connectivity index (χ2n) is 5.50. The summed E-state index contributed by atoms with van der Waals surface area (Å²) in [6, 6.07) is 15.5. The Labute approximate surface area is 140 Å². The van der Waals surface area contributed by atoms with E-state index in [1.165, 1.54) is 0 Å². The van der Waals surface area contributed by atoms with E-state index in [4.69, 9.17) is 5.11 Å². The van der Waals surface area contributed by atoms with Gasteiger partial charge in [0, 0.05) is 13.0 Å². The van der Waals surface area contributed by atoms with Crippen molar-refractivity contribution in [2.24, 2.45) is 0 Å². The normalized spacial score (nSPS) is 12.2. The van der Waals surface area contributed by atoms with Gasteiger partial charge in [0.25, 0.3) is 0 Å². The number of fused-ring (bicyclic) bond motifs is 2. The molecule has 0 radical (unpaired) electrons. The lowest BCUT2D eigenvalue weighted by Gasteiger charge is -2.25. The number of aliphatic carboxylic acids is 1. The van der Waals surface area contributed by atoms with E-state index < -0.39 is 5.97 Å². The molecule has 3 rings (SSSR count). The third-order valence-corrected chi connectivity index (χ3v) is 3.84. The fourth-order valence-electron chi connectivity index (χ4n) is 2.74. The maximum absolute atomic E-state index is 12.8. The lowest BCUT2D eigenvalue weighted by atomic mass is 10.1. The highest BCUT2D eigenvalue weighted by atomic mass is 16.4. The van der Waals surface area contributed by atoms with Crippen molar-refractivity contribution in [2.45, 2.75) is 6.42 Å². The number of nitrogens with one attached hydrogen (secondary N) is 1. The largest absolute Gasteiger partial charge is 0.480 e. The Bertz CT molecular complexity index is 749. The van der Waals surface area contributed by atoms with E-state index in [2.05, 4.69) is 5.32 Å². The van der Waals surface area contributed by atoms with Crippen LogP contribution in [0.3, 0.4) is 0 Å². The van der Waals surface area contributed by atoms with Gasteiger partial charge in [0.15, 0.2) is 0 Å². The smallest absolute Gasteiger partial charge is 0.317 e. The molecule has 0 aromatic heterocycles. The van der Waals surface area contributed by atoms with Crippen LogP contribution >= 0.6 is 0 Å². The molecule has 24 heavy (non-hydrogen) atoms. The number of benzene rings is 2. The number of nitrogens with zero attached hydrogens (tertiary/aromatic N) is 1. The van der Waals surface area contributed by atoms with E-state index in [1.54, 1.807) is 4.90 Å². The molecule has 0 saturated heterocycles. The van der Waals surface area contributed by atoms with Crippen LogP contribution in [0.5, 0.6) is 0 Å². The Balaban J connectivity index is 1.89. The standard InChI is InChI=1S/C19H18N2O3/c22-18(11-12-20-13-19(23)24)21-16-7-3-1-5-14(16)9-10-15-6-2-4-8-17(15)21/h1-10,20H,11-13H2,(H,23,24). The molecular formula is C19H18N2O3. The van der Waals surface area contributed by atoms with Crippen molar-refractivity contribution >= 4 is 35.4 Å². The summed E-state index contributed by atoms with van der Waals surface area (Å²) >= 11 is 0. The van der Waals surface area contributed by atoms with Crippen LogP contribution in [-0.2, 0) is 9.59 Å². The van der Waals surface area contributed by atoms with Gasteiger partial charge >= 0.3 is 5.97 Å². The summed E-state index contributed by atoms with van der Waals surface area (Å²) in [5.74, 6) is -1.01. The number of amides is 1. The number of hydrogen-bond acceptors (Lipinski definition) is 3. The van der Waals surface area contributed by atoms with Crippen LogP contribution in [0.1, 0.15) is 17.5 Å². The minimum atomic E-state index is -0.933. The summed E-state index contributed by atoms with van der Waals surface area (Å²) in [7, 11) is 0. The summed E-state index contributed by atoms with van der Waals surface area (Å²) in [4.78, 5) is 25.1. The molecule has 0 aliphatic carbocycles. The van der Waals surface area contributed by atoms with Gasteiger partial charge in [-0.25, -0.2) is 0 Å². The van der Waals surface area contributed by atoms with Crippen LogP contribution in [0, 0.1) is 0 Å². The highest BCUT2D eigenvalue weighted by Crippen LogP contribution is 2.36. The number of carbonyl (C=O) groups excluding carboxylic acids is 1. The summed E-state index contributed by atoms with van der Waals surface area (Å²) in [5, 5.41) is 11.4. The monoisotopic (exact) mass is 322 g/mol. The van der Waals surface area contributed by atoms with Crippen molar-refractivity contribution in [1.29, 1.82) is 0 Å². The Morgan fingerprint density at radius 1 is 0.917 bits per heavy atom. The lowest BCUT2D eigenvalue weighted by molar-refractivity contribution is -0.136. The second-order valence-corrected chi connectivity index (χ2v) is 5.50. The Kier molecular flexibility index (Phi) is 4.72. The average molecular weight is 322 g/mol. The first kappa shape index (κ1) is 16.0. The predicted octanol–water partition coefficient (Wildman–Crippen LogP) is 2.90. The van der Waals surface area contributed by atoms with Gasteiger partial charge in [-0.15, -0.1) is 0 Å². The number of carbonyl (C=O) groups is 2. The maximum atomic E-state index is 12.8. The molecule has 2 aromatic carbocycles. The SMILES string of the molecule is O=C(O)CNCCC(=O)N1c2ccccc2C=Cc2ccccc21. The average Bonchev–Trinajstić information content (AvgIpc) is 2.75. The van der Waals surface area contributed by atoms with Crippen LogP contribution in [-0.4, -0.2) is 30.1 Å². The molecule has 122 valence electrons. The molecular weight excluding hydrogens is 304 g/mol.